The fourth-order valence-electron chi connectivity index (χ4n) is 7.60. The number of hydrogen-bond acceptors (Lipinski definition) is 5. The lowest BCUT2D eigenvalue weighted by atomic mass is 9.57. The third-order valence-corrected chi connectivity index (χ3v) is 9.74. The summed E-state index contributed by atoms with van der Waals surface area (Å²) >= 11 is 0. The number of piperidine rings is 1. The molecule has 1 amide bonds. The molecule has 3 aromatic rings. The molecule has 1 saturated carbocycles. The molecule has 2 aliphatic carbocycles. The number of amides is 1. The molecule has 0 unspecified atom stereocenters. The Bertz CT molecular complexity index is 1400. The fraction of sp³-hybridized carbons (Fsp3) is 0.576. The predicted octanol–water partition coefficient (Wildman–Crippen LogP) is 5.83. The molecule has 6 rings (SSSR count). The third-order valence-electron chi connectivity index (χ3n) is 9.74. The highest BCUT2D eigenvalue weighted by molar-refractivity contribution is 6.03. The molecule has 40 heavy (non-hydrogen) atoms. The number of nitrogens with zero attached hydrogens (tertiary/aromatic N) is 5. The van der Waals surface area contributed by atoms with Gasteiger partial charge < -0.3 is 9.88 Å². The third kappa shape index (κ3) is 5.20. The van der Waals surface area contributed by atoms with E-state index >= 15 is 0 Å². The molecule has 1 aliphatic heterocycles. The van der Waals surface area contributed by atoms with Gasteiger partial charge in [0, 0.05) is 43.1 Å². The number of aryl methyl sites for hydroxylation is 1. The molecule has 0 bridgehead atoms. The summed E-state index contributed by atoms with van der Waals surface area (Å²) in [6, 6.07) is 10.5. The number of pyridine rings is 1. The molecule has 1 saturated heterocycles. The molecule has 2 aromatic heterocycles. The van der Waals surface area contributed by atoms with Crippen molar-refractivity contribution in [3.63, 3.8) is 0 Å². The van der Waals surface area contributed by atoms with Gasteiger partial charge in [-0.1, -0.05) is 39.8 Å². The number of likely N-dealkylation sites (tertiary alicyclic amines) is 1. The average molecular weight is 541 g/mol. The molecule has 7 heteroatoms. The number of nitrogens with one attached hydrogen (secondary N) is 1. The summed E-state index contributed by atoms with van der Waals surface area (Å²) in [5.74, 6) is 2.28. The van der Waals surface area contributed by atoms with Crippen molar-refractivity contribution >= 4 is 11.6 Å². The summed E-state index contributed by atoms with van der Waals surface area (Å²) in [4.78, 5) is 21.3. The quantitative estimate of drug-likeness (QED) is 0.408. The zero-order chi connectivity index (χ0) is 28.1. The fourth-order valence-corrected chi connectivity index (χ4v) is 7.60. The number of rotatable bonds is 7. The Kier molecular flexibility index (Phi) is 7.06. The second-order valence-corrected chi connectivity index (χ2v) is 13.7. The Morgan fingerprint density at radius 2 is 1.98 bits per heavy atom. The molecular weight excluding hydrogens is 496 g/mol. The number of benzene rings is 1. The Morgan fingerprint density at radius 1 is 1.15 bits per heavy atom. The molecule has 1 atom stereocenters. The highest BCUT2D eigenvalue weighted by atomic mass is 16.1. The topological polar surface area (TPSA) is 75.9 Å². The SMILES string of the molecule is CC1CC(Cc2nncn2C)(c2cccc(NC(=O)c3cc(CN4CCC[C@H](C)C4)c4c(n3)C(C)(C)CC4)c2)C1. The zero-order valence-electron chi connectivity index (χ0n) is 24.8. The number of carbonyl (C=O) groups excluding carboxylic acids is 1. The van der Waals surface area contributed by atoms with Crippen LogP contribution >= 0.6 is 0 Å². The van der Waals surface area contributed by atoms with Crippen LogP contribution in [0.5, 0.6) is 0 Å². The van der Waals surface area contributed by atoms with Crippen LogP contribution in [0.4, 0.5) is 5.69 Å². The minimum absolute atomic E-state index is 0.0113. The molecule has 2 fully saturated rings. The van der Waals surface area contributed by atoms with Crippen molar-refractivity contribution in [3.8, 4) is 0 Å². The summed E-state index contributed by atoms with van der Waals surface area (Å²) in [5.41, 5.74) is 6.39. The van der Waals surface area contributed by atoms with Gasteiger partial charge in [0.15, 0.2) is 0 Å². The minimum Gasteiger partial charge on any atom is -0.321 e. The van der Waals surface area contributed by atoms with Crippen molar-refractivity contribution in [1.82, 2.24) is 24.6 Å². The van der Waals surface area contributed by atoms with Gasteiger partial charge in [-0.25, -0.2) is 4.98 Å². The smallest absolute Gasteiger partial charge is 0.274 e. The van der Waals surface area contributed by atoms with Crippen LogP contribution in [0.15, 0.2) is 36.7 Å². The Morgan fingerprint density at radius 3 is 2.70 bits per heavy atom. The average Bonchev–Trinajstić information content (AvgIpc) is 3.44. The summed E-state index contributed by atoms with van der Waals surface area (Å²) in [7, 11) is 2.01. The highest BCUT2D eigenvalue weighted by Crippen LogP contribution is 2.50. The van der Waals surface area contributed by atoms with E-state index in [-0.39, 0.29) is 16.7 Å². The second-order valence-electron chi connectivity index (χ2n) is 13.7. The maximum absolute atomic E-state index is 13.7. The monoisotopic (exact) mass is 540 g/mol. The Hall–Kier alpha value is -3.06. The summed E-state index contributed by atoms with van der Waals surface area (Å²) in [6.45, 7) is 12.4. The van der Waals surface area contributed by atoms with Gasteiger partial charge in [0.2, 0.25) is 0 Å². The molecule has 212 valence electrons. The molecule has 1 N–H and O–H groups in total. The number of fused-ring (bicyclic) bond motifs is 1. The predicted molar refractivity (Wildman–Crippen MR) is 158 cm³/mol. The van der Waals surface area contributed by atoms with Crippen molar-refractivity contribution < 1.29 is 4.79 Å². The first-order valence-electron chi connectivity index (χ1n) is 15.1. The molecule has 3 aliphatic rings. The summed E-state index contributed by atoms with van der Waals surface area (Å²) in [5, 5.41) is 11.7. The van der Waals surface area contributed by atoms with Crippen LogP contribution < -0.4 is 5.32 Å². The zero-order valence-corrected chi connectivity index (χ0v) is 24.8. The van der Waals surface area contributed by atoms with E-state index in [1.54, 1.807) is 6.33 Å². The van der Waals surface area contributed by atoms with Crippen LogP contribution in [0.3, 0.4) is 0 Å². The first kappa shape index (κ1) is 27.1. The maximum Gasteiger partial charge on any atom is 0.274 e. The normalized spacial score (nSPS) is 25.8. The standard InChI is InChI=1S/C33H44N6O/c1-22-8-7-13-39(19-22)20-24-14-28(36-30-27(24)11-12-32(30,3)4)31(40)35-26-10-6-9-25(15-26)33(16-23(2)17-33)18-29-37-34-21-38(29)5/h6,9-10,14-15,21-23H,7-8,11-13,16-20H2,1-5H3,(H,35,40)/t22-,23?,33?/m0/s1. The van der Waals surface area contributed by atoms with E-state index in [2.05, 4.69) is 72.4 Å². The van der Waals surface area contributed by atoms with Crippen molar-refractivity contribution in [2.24, 2.45) is 18.9 Å². The lowest BCUT2D eigenvalue weighted by Crippen LogP contribution is -2.42. The second kappa shape index (κ2) is 10.4. The summed E-state index contributed by atoms with van der Waals surface area (Å²) < 4.78 is 2.01. The van der Waals surface area contributed by atoms with Gasteiger partial charge in [-0.3, -0.25) is 9.69 Å². The van der Waals surface area contributed by atoms with Crippen LogP contribution in [0.2, 0.25) is 0 Å². The van der Waals surface area contributed by atoms with Crippen LogP contribution in [0, 0.1) is 11.8 Å². The Balaban J connectivity index is 1.26. The van der Waals surface area contributed by atoms with E-state index in [0.29, 0.717) is 11.6 Å². The lowest BCUT2D eigenvalue weighted by molar-refractivity contribution is 0.102. The Labute approximate surface area is 238 Å². The van der Waals surface area contributed by atoms with Gasteiger partial charge in [-0.15, -0.1) is 10.2 Å². The number of hydrogen-bond donors (Lipinski definition) is 1. The van der Waals surface area contributed by atoms with Crippen LogP contribution in [0.1, 0.15) is 98.5 Å². The van der Waals surface area contributed by atoms with E-state index in [0.717, 1.165) is 74.9 Å². The molecular formula is C33H44N6O. The van der Waals surface area contributed by atoms with Gasteiger partial charge in [0.1, 0.15) is 17.8 Å². The number of aromatic nitrogens is 4. The van der Waals surface area contributed by atoms with E-state index in [4.69, 9.17) is 4.98 Å². The maximum atomic E-state index is 13.7. The first-order chi connectivity index (χ1) is 19.1. The van der Waals surface area contributed by atoms with Crippen molar-refractivity contribution in [2.75, 3.05) is 18.4 Å². The van der Waals surface area contributed by atoms with Gasteiger partial charge in [0.05, 0.1) is 5.69 Å². The van der Waals surface area contributed by atoms with Gasteiger partial charge in [0.25, 0.3) is 5.91 Å². The largest absolute Gasteiger partial charge is 0.321 e. The molecule has 3 heterocycles. The van der Waals surface area contributed by atoms with E-state index in [1.165, 1.54) is 29.5 Å². The summed E-state index contributed by atoms with van der Waals surface area (Å²) in [6.07, 6.45) is 9.53. The van der Waals surface area contributed by atoms with Crippen molar-refractivity contribution in [3.05, 3.63) is 70.6 Å². The first-order valence-corrected chi connectivity index (χ1v) is 15.1. The van der Waals surface area contributed by atoms with Gasteiger partial charge in [-0.05, 0) is 91.8 Å². The molecule has 0 radical (unpaired) electrons. The van der Waals surface area contributed by atoms with Crippen LogP contribution in [-0.4, -0.2) is 43.6 Å². The van der Waals surface area contributed by atoms with E-state index in [1.807, 2.05) is 17.7 Å². The lowest BCUT2D eigenvalue weighted by Gasteiger charge is -2.47. The van der Waals surface area contributed by atoms with Gasteiger partial charge in [-0.2, -0.15) is 0 Å². The van der Waals surface area contributed by atoms with Crippen LogP contribution in [0.25, 0.3) is 0 Å². The van der Waals surface area contributed by atoms with E-state index < -0.39 is 0 Å². The molecule has 1 aromatic carbocycles. The van der Waals surface area contributed by atoms with Crippen molar-refractivity contribution in [2.45, 2.75) is 90.0 Å². The number of anilines is 1. The van der Waals surface area contributed by atoms with Crippen LogP contribution in [-0.2, 0) is 37.3 Å². The number of carbonyl (C=O) groups is 1. The minimum atomic E-state index is -0.125. The molecule has 0 spiro atoms. The van der Waals surface area contributed by atoms with Gasteiger partial charge >= 0.3 is 0 Å². The van der Waals surface area contributed by atoms with E-state index in [9.17, 15) is 4.79 Å². The van der Waals surface area contributed by atoms with Crippen molar-refractivity contribution in [1.29, 1.82) is 0 Å². The highest BCUT2D eigenvalue weighted by Gasteiger charge is 2.44. The molecule has 7 nitrogen and oxygen atoms in total.